The van der Waals surface area contributed by atoms with Crippen LogP contribution in [0.5, 0.6) is 11.5 Å². The van der Waals surface area contributed by atoms with Gasteiger partial charge in [-0.3, -0.25) is 0 Å². The molecule has 1 rings (SSSR count). The molecule has 0 bridgehead atoms. The van der Waals surface area contributed by atoms with Gasteiger partial charge in [-0.05, 0) is 44.0 Å². The fourth-order valence-electron chi connectivity index (χ4n) is 2.03. The number of rotatable bonds is 11. The van der Waals surface area contributed by atoms with E-state index in [9.17, 15) is 0 Å². The molecular weight excluding hydrogens is 330 g/mol. The van der Waals surface area contributed by atoms with Gasteiger partial charge in [0.15, 0.2) is 11.5 Å². The Morgan fingerprint density at radius 2 is 1.76 bits per heavy atom. The maximum atomic E-state index is 5.76. The third-order valence-corrected chi connectivity index (χ3v) is 3.89. The van der Waals surface area contributed by atoms with Crippen LogP contribution in [0, 0.1) is 0 Å². The van der Waals surface area contributed by atoms with Crippen molar-refractivity contribution in [2.45, 2.75) is 53.0 Å². The van der Waals surface area contributed by atoms with Gasteiger partial charge in [0, 0.05) is 11.0 Å². The van der Waals surface area contributed by atoms with Gasteiger partial charge >= 0.3 is 0 Å². The minimum Gasteiger partial charge on any atom is -0.490 e. The fourth-order valence-corrected chi connectivity index (χ4v) is 2.49. The molecule has 0 fully saturated rings. The lowest BCUT2D eigenvalue weighted by molar-refractivity contribution is 0.276. The number of unbranched alkanes of at least 4 members (excludes halogenated alkanes) is 2. The Morgan fingerprint density at radius 1 is 1.00 bits per heavy atom. The summed E-state index contributed by atoms with van der Waals surface area (Å²) in [7, 11) is 0. The van der Waals surface area contributed by atoms with E-state index in [4.69, 9.17) is 9.47 Å². The number of hydrogen-bond donors (Lipinski definition) is 1. The Labute approximate surface area is 137 Å². The third kappa shape index (κ3) is 6.70. The molecule has 0 aliphatic carbocycles. The second kappa shape index (κ2) is 10.9. The second-order valence-electron chi connectivity index (χ2n) is 5.06. The maximum Gasteiger partial charge on any atom is 0.162 e. The van der Waals surface area contributed by atoms with Crippen molar-refractivity contribution in [3.8, 4) is 11.5 Å². The Kier molecular flexibility index (Phi) is 9.51. The normalized spacial score (nSPS) is 10.7. The molecule has 0 spiro atoms. The van der Waals surface area contributed by atoms with Crippen LogP contribution >= 0.6 is 15.9 Å². The summed E-state index contributed by atoms with van der Waals surface area (Å²) in [5.41, 5.74) is 1.21. The molecule has 0 radical (unpaired) electrons. The van der Waals surface area contributed by atoms with Gasteiger partial charge in [-0.2, -0.15) is 0 Å². The zero-order chi connectivity index (χ0) is 15.5. The van der Waals surface area contributed by atoms with Crippen LogP contribution in [0.15, 0.2) is 16.6 Å². The summed E-state index contributed by atoms with van der Waals surface area (Å²) in [5, 5.41) is 3.48. The molecule has 1 N–H and O–H groups in total. The van der Waals surface area contributed by atoms with Gasteiger partial charge in [-0.25, -0.2) is 0 Å². The first-order chi connectivity index (χ1) is 10.2. The summed E-state index contributed by atoms with van der Waals surface area (Å²) in [6.07, 6.45) is 4.75. The molecule has 21 heavy (non-hydrogen) atoms. The van der Waals surface area contributed by atoms with Crippen molar-refractivity contribution in [1.82, 2.24) is 5.32 Å². The van der Waals surface area contributed by atoms with Gasteiger partial charge < -0.3 is 14.8 Å². The van der Waals surface area contributed by atoms with E-state index in [0.29, 0.717) is 13.2 Å². The largest absolute Gasteiger partial charge is 0.490 e. The zero-order valence-electron chi connectivity index (χ0n) is 13.5. The molecule has 0 aliphatic rings. The zero-order valence-corrected chi connectivity index (χ0v) is 15.1. The quantitative estimate of drug-likeness (QED) is 0.570. The molecule has 1 aromatic carbocycles. The summed E-state index contributed by atoms with van der Waals surface area (Å²) in [6, 6.07) is 4.09. The molecule has 4 heteroatoms. The van der Waals surface area contributed by atoms with E-state index in [-0.39, 0.29) is 0 Å². The summed E-state index contributed by atoms with van der Waals surface area (Å²) in [4.78, 5) is 0. The van der Waals surface area contributed by atoms with E-state index in [1.54, 1.807) is 0 Å². The number of nitrogens with one attached hydrogen (secondary N) is 1. The highest BCUT2D eigenvalue weighted by Crippen LogP contribution is 2.34. The van der Waals surface area contributed by atoms with E-state index < -0.39 is 0 Å². The molecule has 0 heterocycles. The lowest BCUT2D eigenvalue weighted by Crippen LogP contribution is -2.15. The Balaban J connectivity index is 2.68. The Bertz CT molecular complexity index is 410. The number of hydrogen-bond acceptors (Lipinski definition) is 3. The second-order valence-corrected chi connectivity index (χ2v) is 5.91. The number of benzene rings is 1. The Hall–Kier alpha value is -0.740. The first-order valence-electron chi connectivity index (χ1n) is 8.01. The molecule has 0 aliphatic heterocycles. The smallest absolute Gasteiger partial charge is 0.162 e. The van der Waals surface area contributed by atoms with Crippen LogP contribution in [0.4, 0.5) is 0 Å². The number of ether oxygens (including phenoxy) is 2. The maximum absolute atomic E-state index is 5.76. The molecule has 0 aromatic heterocycles. The minimum atomic E-state index is 0.646. The van der Waals surface area contributed by atoms with E-state index in [0.717, 1.165) is 35.5 Å². The lowest BCUT2D eigenvalue weighted by Gasteiger charge is -2.15. The van der Waals surface area contributed by atoms with Gasteiger partial charge in [0.1, 0.15) is 0 Å². The predicted molar refractivity (Wildman–Crippen MR) is 92.3 cm³/mol. The van der Waals surface area contributed by atoms with Crippen LogP contribution in [0.1, 0.15) is 52.0 Å². The van der Waals surface area contributed by atoms with Crippen molar-refractivity contribution >= 4 is 15.9 Å². The van der Waals surface area contributed by atoms with Crippen molar-refractivity contribution in [2.24, 2.45) is 0 Å². The molecule has 1 aromatic rings. The van der Waals surface area contributed by atoms with Crippen LogP contribution in [-0.2, 0) is 6.54 Å². The van der Waals surface area contributed by atoms with Crippen LogP contribution in [0.2, 0.25) is 0 Å². The van der Waals surface area contributed by atoms with Gasteiger partial charge in [0.05, 0.1) is 13.2 Å². The van der Waals surface area contributed by atoms with E-state index >= 15 is 0 Å². The highest BCUT2D eigenvalue weighted by molar-refractivity contribution is 9.10. The van der Waals surface area contributed by atoms with Gasteiger partial charge in [0.2, 0.25) is 0 Å². The first-order valence-corrected chi connectivity index (χ1v) is 8.80. The van der Waals surface area contributed by atoms with Gasteiger partial charge in [-0.15, -0.1) is 0 Å². The van der Waals surface area contributed by atoms with E-state index in [1.807, 2.05) is 13.0 Å². The van der Waals surface area contributed by atoms with Crippen LogP contribution < -0.4 is 14.8 Å². The van der Waals surface area contributed by atoms with Gasteiger partial charge in [0.25, 0.3) is 0 Å². The molecule has 0 atom stereocenters. The third-order valence-electron chi connectivity index (χ3n) is 3.15. The van der Waals surface area contributed by atoms with Crippen LogP contribution in [0.3, 0.4) is 0 Å². The van der Waals surface area contributed by atoms with E-state index in [2.05, 4.69) is 41.2 Å². The van der Waals surface area contributed by atoms with E-state index in [1.165, 1.54) is 24.8 Å². The van der Waals surface area contributed by atoms with Crippen molar-refractivity contribution in [3.63, 3.8) is 0 Å². The molecule has 0 amide bonds. The molecular formula is C17H28BrNO2. The molecule has 120 valence electrons. The standard InChI is InChI=1S/C17H28BrNO2/c1-4-7-8-9-19-13-14-11-16(20-6-3)17(12-15(14)18)21-10-5-2/h11-12,19H,4-10,13H2,1-3H3. The molecule has 0 saturated carbocycles. The van der Waals surface area contributed by atoms with Crippen molar-refractivity contribution in [2.75, 3.05) is 19.8 Å². The molecule has 0 unspecified atom stereocenters. The van der Waals surface area contributed by atoms with Gasteiger partial charge in [-0.1, -0.05) is 42.6 Å². The SMILES string of the molecule is CCCCCNCc1cc(OCC)c(OCCC)cc1Br. The summed E-state index contributed by atoms with van der Waals surface area (Å²) in [6.45, 7) is 9.57. The first kappa shape index (κ1) is 18.3. The monoisotopic (exact) mass is 357 g/mol. The average molecular weight is 358 g/mol. The summed E-state index contributed by atoms with van der Waals surface area (Å²) >= 11 is 3.63. The highest BCUT2D eigenvalue weighted by Gasteiger charge is 2.10. The van der Waals surface area contributed by atoms with Crippen LogP contribution in [-0.4, -0.2) is 19.8 Å². The summed E-state index contributed by atoms with van der Waals surface area (Å²) < 4.78 is 12.5. The summed E-state index contributed by atoms with van der Waals surface area (Å²) in [5.74, 6) is 1.65. The topological polar surface area (TPSA) is 30.5 Å². The highest BCUT2D eigenvalue weighted by atomic mass is 79.9. The van der Waals surface area contributed by atoms with Crippen LogP contribution in [0.25, 0.3) is 0 Å². The van der Waals surface area contributed by atoms with Crippen molar-refractivity contribution in [3.05, 3.63) is 22.2 Å². The lowest BCUT2D eigenvalue weighted by atomic mass is 10.2. The predicted octanol–water partition coefficient (Wildman–Crippen LogP) is 4.92. The fraction of sp³-hybridized carbons (Fsp3) is 0.647. The minimum absolute atomic E-state index is 0.646. The van der Waals surface area contributed by atoms with Crippen molar-refractivity contribution < 1.29 is 9.47 Å². The molecule has 3 nitrogen and oxygen atoms in total. The van der Waals surface area contributed by atoms with Crippen molar-refractivity contribution in [1.29, 1.82) is 0 Å². The Morgan fingerprint density at radius 3 is 2.43 bits per heavy atom. The average Bonchev–Trinajstić information content (AvgIpc) is 2.48. The number of halogens is 1. The molecule has 0 saturated heterocycles.